The second-order valence-corrected chi connectivity index (χ2v) is 5.20. The van der Waals surface area contributed by atoms with Crippen molar-refractivity contribution >= 4 is 5.91 Å². The third-order valence-corrected chi connectivity index (χ3v) is 3.69. The maximum absolute atomic E-state index is 12.1. The Labute approximate surface area is 136 Å². The second kappa shape index (κ2) is 8.59. The van der Waals surface area contributed by atoms with Gasteiger partial charge in [-0.25, -0.2) is 0 Å². The summed E-state index contributed by atoms with van der Waals surface area (Å²) in [6.07, 6.45) is 0.385. The molecule has 1 heterocycles. The third-order valence-electron chi connectivity index (χ3n) is 3.69. The molecule has 1 saturated heterocycles. The van der Waals surface area contributed by atoms with Crippen molar-refractivity contribution in [3.63, 3.8) is 0 Å². The fourth-order valence-electron chi connectivity index (χ4n) is 2.54. The van der Waals surface area contributed by atoms with Gasteiger partial charge in [-0.3, -0.25) is 4.79 Å². The van der Waals surface area contributed by atoms with E-state index in [4.69, 9.17) is 18.9 Å². The average molecular weight is 324 g/mol. The van der Waals surface area contributed by atoms with Crippen molar-refractivity contribution in [1.82, 2.24) is 10.6 Å². The Morgan fingerprint density at radius 2 is 2.04 bits per heavy atom. The number of hydrogen-bond donors (Lipinski definition) is 2. The van der Waals surface area contributed by atoms with Gasteiger partial charge in [0, 0.05) is 31.1 Å². The minimum absolute atomic E-state index is 0.0372. The zero-order valence-corrected chi connectivity index (χ0v) is 13.8. The summed E-state index contributed by atoms with van der Waals surface area (Å²) in [4.78, 5) is 12.1. The number of hydrogen-bond acceptors (Lipinski definition) is 6. The molecule has 1 aliphatic rings. The highest BCUT2D eigenvalue weighted by Crippen LogP contribution is 2.39. The number of carbonyl (C=O) groups is 1. The van der Waals surface area contributed by atoms with Crippen LogP contribution in [0.2, 0.25) is 0 Å². The predicted octanol–water partition coefficient (Wildman–Crippen LogP) is 0.707. The van der Waals surface area contributed by atoms with Crippen LogP contribution in [0.15, 0.2) is 12.1 Å². The molecular weight excluding hydrogens is 300 g/mol. The lowest BCUT2D eigenvalue weighted by atomic mass is 10.1. The van der Waals surface area contributed by atoms with Crippen molar-refractivity contribution in [3.05, 3.63) is 17.7 Å². The highest BCUT2D eigenvalue weighted by molar-refractivity contribution is 5.76. The van der Waals surface area contributed by atoms with Crippen molar-refractivity contribution < 1.29 is 23.7 Å². The summed E-state index contributed by atoms with van der Waals surface area (Å²) in [7, 11) is 4.68. The monoisotopic (exact) mass is 324 g/mol. The molecule has 1 atom stereocenters. The second-order valence-electron chi connectivity index (χ2n) is 5.20. The summed E-state index contributed by atoms with van der Waals surface area (Å²) in [6.45, 7) is 2.39. The average Bonchev–Trinajstić information content (AvgIpc) is 2.59. The van der Waals surface area contributed by atoms with Crippen LogP contribution in [0.3, 0.4) is 0 Å². The van der Waals surface area contributed by atoms with E-state index in [2.05, 4.69) is 10.6 Å². The first-order valence-corrected chi connectivity index (χ1v) is 7.55. The molecule has 1 aromatic carbocycles. The molecular formula is C16H24N2O5. The van der Waals surface area contributed by atoms with Crippen LogP contribution in [-0.4, -0.2) is 53.0 Å². The molecule has 2 N–H and O–H groups in total. The number of morpholine rings is 1. The van der Waals surface area contributed by atoms with E-state index in [-0.39, 0.29) is 11.9 Å². The van der Waals surface area contributed by atoms with Crippen LogP contribution in [0.4, 0.5) is 0 Å². The van der Waals surface area contributed by atoms with Crippen LogP contribution < -0.4 is 24.8 Å². The van der Waals surface area contributed by atoms with Gasteiger partial charge in [0.2, 0.25) is 11.7 Å². The number of methoxy groups -OCH3 is 3. The van der Waals surface area contributed by atoms with Gasteiger partial charge in [-0.05, 0) is 12.1 Å². The van der Waals surface area contributed by atoms with Gasteiger partial charge in [-0.2, -0.15) is 0 Å². The molecule has 0 spiro atoms. The Morgan fingerprint density at radius 1 is 1.26 bits per heavy atom. The van der Waals surface area contributed by atoms with Gasteiger partial charge in [0.05, 0.1) is 34.5 Å². The summed E-state index contributed by atoms with van der Waals surface area (Å²) in [6, 6.07) is 3.71. The molecule has 23 heavy (non-hydrogen) atoms. The predicted molar refractivity (Wildman–Crippen MR) is 85.2 cm³/mol. The molecule has 0 saturated carbocycles. The van der Waals surface area contributed by atoms with E-state index in [0.29, 0.717) is 43.4 Å². The molecule has 1 aliphatic heterocycles. The highest BCUT2D eigenvalue weighted by atomic mass is 16.5. The van der Waals surface area contributed by atoms with Gasteiger partial charge in [0.25, 0.3) is 0 Å². The normalized spacial score (nSPS) is 17.4. The van der Waals surface area contributed by atoms with Crippen LogP contribution in [0.5, 0.6) is 17.2 Å². The van der Waals surface area contributed by atoms with Gasteiger partial charge in [0.15, 0.2) is 11.5 Å². The van der Waals surface area contributed by atoms with Crippen LogP contribution in [0.1, 0.15) is 12.0 Å². The minimum Gasteiger partial charge on any atom is -0.493 e. The van der Waals surface area contributed by atoms with Gasteiger partial charge >= 0.3 is 0 Å². The number of rotatable bonds is 7. The Kier molecular flexibility index (Phi) is 6.49. The molecule has 128 valence electrons. The fourth-order valence-corrected chi connectivity index (χ4v) is 2.54. The number of nitrogens with one attached hydrogen (secondary N) is 2. The van der Waals surface area contributed by atoms with E-state index in [9.17, 15) is 4.79 Å². The summed E-state index contributed by atoms with van der Waals surface area (Å²) < 4.78 is 21.3. The van der Waals surface area contributed by atoms with Crippen molar-refractivity contribution in [2.75, 3.05) is 41.1 Å². The van der Waals surface area contributed by atoms with Gasteiger partial charge in [-0.1, -0.05) is 0 Å². The van der Waals surface area contributed by atoms with E-state index in [1.54, 1.807) is 27.4 Å². The van der Waals surface area contributed by atoms with Crippen molar-refractivity contribution in [2.24, 2.45) is 0 Å². The molecule has 1 unspecified atom stereocenters. The third kappa shape index (κ3) is 4.49. The van der Waals surface area contributed by atoms with Gasteiger partial charge in [-0.15, -0.1) is 0 Å². The Bertz CT molecular complexity index is 529. The molecule has 1 aromatic rings. The van der Waals surface area contributed by atoms with Gasteiger partial charge in [0.1, 0.15) is 0 Å². The molecule has 0 aliphatic carbocycles. The first kappa shape index (κ1) is 17.4. The van der Waals surface area contributed by atoms with E-state index in [1.165, 1.54) is 0 Å². The molecule has 7 heteroatoms. The minimum atomic E-state index is -0.0372. The van der Waals surface area contributed by atoms with Crippen LogP contribution in [0.25, 0.3) is 0 Å². The van der Waals surface area contributed by atoms with Gasteiger partial charge < -0.3 is 29.6 Å². The van der Waals surface area contributed by atoms with Crippen LogP contribution >= 0.6 is 0 Å². The molecule has 1 fully saturated rings. The highest BCUT2D eigenvalue weighted by Gasteiger charge is 2.19. The van der Waals surface area contributed by atoms with E-state index in [0.717, 1.165) is 12.1 Å². The summed E-state index contributed by atoms with van der Waals surface area (Å²) in [5.41, 5.74) is 0.825. The standard InChI is InChI=1S/C16H24N2O5/c1-20-13-5-4-11(15(21-2)16(13)22-3)9-18-14(19)8-12-10-23-7-6-17-12/h4-5,12,17H,6-10H2,1-3H3,(H,18,19). The first-order chi connectivity index (χ1) is 11.2. The van der Waals surface area contributed by atoms with Crippen molar-refractivity contribution in [2.45, 2.75) is 19.0 Å². The largest absolute Gasteiger partial charge is 0.493 e. The molecule has 0 bridgehead atoms. The zero-order chi connectivity index (χ0) is 16.7. The Balaban J connectivity index is 1.97. The maximum atomic E-state index is 12.1. The lowest BCUT2D eigenvalue weighted by molar-refractivity contribution is -0.122. The van der Waals surface area contributed by atoms with E-state index >= 15 is 0 Å². The number of ether oxygens (including phenoxy) is 4. The van der Waals surface area contributed by atoms with Crippen molar-refractivity contribution in [1.29, 1.82) is 0 Å². The number of benzene rings is 1. The maximum Gasteiger partial charge on any atom is 0.221 e. The topological polar surface area (TPSA) is 78.1 Å². The Hall–Kier alpha value is -1.99. The fraction of sp³-hybridized carbons (Fsp3) is 0.562. The first-order valence-electron chi connectivity index (χ1n) is 7.55. The molecule has 7 nitrogen and oxygen atoms in total. The van der Waals surface area contributed by atoms with E-state index < -0.39 is 0 Å². The summed E-state index contributed by atoms with van der Waals surface area (Å²) >= 11 is 0. The number of amides is 1. The lowest BCUT2D eigenvalue weighted by Gasteiger charge is -2.23. The van der Waals surface area contributed by atoms with Crippen LogP contribution in [0, 0.1) is 0 Å². The van der Waals surface area contributed by atoms with Crippen molar-refractivity contribution in [3.8, 4) is 17.2 Å². The molecule has 1 amide bonds. The van der Waals surface area contributed by atoms with Crippen LogP contribution in [-0.2, 0) is 16.1 Å². The quantitative estimate of drug-likeness (QED) is 0.769. The summed E-state index contributed by atoms with van der Waals surface area (Å²) in [5, 5.41) is 6.16. The zero-order valence-electron chi connectivity index (χ0n) is 13.8. The lowest BCUT2D eigenvalue weighted by Crippen LogP contribution is -2.44. The van der Waals surface area contributed by atoms with E-state index in [1.807, 2.05) is 6.07 Å². The molecule has 2 rings (SSSR count). The summed E-state index contributed by atoms with van der Waals surface area (Å²) in [5.74, 6) is 1.63. The Morgan fingerprint density at radius 3 is 2.65 bits per heavy atom. The number of carbonyl (C=O) groups excluding carboxylic acids is 1. The molecule has 0 aromatic heterocycles. The molecule has 0 radical (unpaired) electrons. The SMILES string of the molecule is COc1ccc(CNC(=O)CC2COCCN2)c(OC)c1OC. The smallest absolute Gasteiger partial charge is 0.221 e.